The first-order valence-corrected chi connectivity index (χ1v) is 7.15. The van der Waals surface area contributed by atoms with Gasteiger partial charge in [-0.3, -0.25) is 0 Å². The minimum Gasteiger partial charge on any atom is -0.369 e. The fourth-order valence-corrected chi connectivity index (χ4v) is 3.65. The maximum absolute atomic E-state index is 13.8. The highest BCUT2D eigenvalue weighted by atomic mass is 19.1. The normalized spacial score (nSPS) is 26.5. The third kappa shape index (κ3) is 1.87. The van der Waals surface area contributed by atoms with Crippen molar-refractivity contribution in [2.75, 3.05) is 5.73 Å². The number of fused-ring (bicyclic) bond motifs is 1. The lowest BCUT2D eigenvalue weighted by atomic mass is 9.93. The zero-order valence-electron chi connectivity index (χ0n) is 11.7. The number of imidazole rings is 1. The van der Waals surface area contributed by atoms with Gasteiger partial charge in [0.1, 0.15) is 11.3 Å². The Morgan fingerprint density at radius 3 is 2.75 bits per heavy atom. The zero-order valence-corrected chi connectivity index (χ0v) is 11.7. The van der Waals surface area contributed by atoms with Crippen LogP contribution in [0.4, 0.5) is 14.7 Å². The van der Waals surface area contributed by atoms with Gasteiger partial charge in [-0.25, -0.2) is 13.8 Å². The van der Waals surface area contributed by atoms with Gasteiger partial charge < -0.3 is 10.3 Å². The summed E-state index contributed by atoms with van der Waals surface area (Å²) < 4.78 is 29.1. The number of benzene rings is 1. The molecule has 0 aliphatic heterocycles. The topological polar surface area (TPSA) is 43.8 Å². The van der Waals surface area contributed by atoms with Crippen LogP contribution in [0.25, 0.3) is 11.0 Å². The average Bonchev–Trinajstić information content (AvgIpc) is 2.90. The Kier molecular flexibility index (Phi) is 3.15. The molecule has 1 aromatic heterocycles. The summed E-state index contributed by atoms with van der Waals surface area (Å²) in [5.41, 5.74) is 6.59. The summed E-state index contributed by atoms with van der Waals surface area (Å²) in [5, 5.41) is 0. The molecule has 1 aliphatic carbocycles. The van der Waals surface area contributed by atoms with E-state index in [-0.39, 0.29) is 17.5 Å². The van der Waals surface area contributed by atoms with E-state index in [4.69, 9.17) is 5.73 Å². The van der Waals surface area contributed by atoms with Crippen LogP contribution in [-0.2, 0) is 0 Å². The second kappa shape index (κ2) is 4.72. The van der Waals surface area contributed by atoms with Crippen molar-refractivity contribution in [2.45, 2.75) is 39.2 Å². The molecule has 1 fully saturated rings. The maximum atomic E-state index is 13.8. The molecule has 0 radical (unpaired) electrons. The standard InChI is InChI=1S/C15H19F2N3/c1-3-9-4-5-12(8(9)2)20-13-7-10(16)6-11(17)14(13)19-15(20)18/h6-9,12H,3-5H2,1-2H3,(H2,18,19). The molecule has 108 valence electrons. The third-order valence-corrected chi connectivity index (χ3v) is 4.78. The molecule has 0 amide bonds. The number of hydrogen-bond donors (Lipinski definition) is 1. The van der Waals surface area contributed by atoms with Crippen LogP contribution in [0.5, 0.6) is 0 Å². The van der Waals surface area contributed by atoms with Crippen LogP contribution in [0.3, 0.4) is 0 Å². The van der Waals surface area contributed by atoms with Crippen molar-refractivity contribution in [3.8, 4) is 0 Å². The van der Waals surface area contributed by atoms with E-state index >= 15 is 0 Å². The first kappa shape index (κ1) is 13.3. The van der Waals surface area contributed by atoms with Crippen molar-refractivity contribution in [2.24, 2.45) is 11.8 Å². The molecule has 5 heteroatoms. The summed E-state index contributed by atoms with van der Waals surface area (Å²) in [5.74, 6) is 0.108. The SMILES string of the molecule is CCC1CCC(n2c(N)nc3c(F)cc(F)cc32)C1C. The van der Waals surface area contributed by atoms with Crippen LogP contribution >= 0.6 is 0 Å². The molecular weight excluding hydrogens is 260 g/mol. The Labute approximate surface area is 116 Å². The van der Waals surface area contributed by atoms with Crippen LogP contribution in [0.2, 0.25) is 0 Å². The van der Waals surface area contributed by atoms with Gasteiger partial charge in [0.05, 0.1) is 5.52 Å². The van der Waals surface area contributed by atoms with E-state index in [2.05, 4.69) is 18.8 Å². The first-order valence-electron chi connectivity index (χ1n) is 7.15. The van der Waals surface area contributed by atoms with Gasteiger partial charge in [0, 0.05) is 18.2 Å². The molecule has 20 heavy (non-hydrogen) atoms. The molecule has 3 nitrogen and oxygen atoms in total. The van der Waals surface area contributed by atoms with E-state index < -0.39 is 11.6 Å². The molecule has 3 rings (SSSR count). The number of nitrogens with two attached hydrogens (primary N) is 1. The quantitative estimate of drug-likeness (QED) is 0.906. The van der Waals surface area contributed by atoms with E-state index in [0.717, 1.165) is 25.3 Å². The molecule has 2 aromatic rings. The Bertz CT molecular complexity index is 650. The van der Waals surface area contributed by atoms with Crippen molar-refractivity contribution in [1.82, 2.24) is 9.55 Å². The summed E-state index contributed by atoms with van der Waals surface area (Å²) in [6, 6.07) is 2.35. The van der Waals surface area contributed by atoms with Gasteiger partial charge in [0.2, 0.25) is 5.95 Å². The highest BCUT2D eigenvalue weighted by Gasteiger charge is 2.34. The molecule has 1 aromatic carbocycles. The Morgan fingerprint density at radius 2 is 2.10 bits per heavy atom. The molecule has 0 spiro atoms. The predicted octanol–water partition coefficient (Wildman–Crippen LogP) is 3.89. The lowest BCUT2D eigenvalue weighted by molar-refractivity contribution is 0.336. The number of halogens is 2. The molecule has 0 saturated heterocycles. The number of anilines is 1. The van der Waals surface area contributed by atoms with Crippen LogP contribution in [0, 0.1) is 23.5 Å². The average molecular weight is 279 g/mol. The largest absolute Gasteiger partial charge is 0.369 e. The van der Waals surface area contributed by atoms with E-state index in [1.807, 2.05) is 4.57 Å². The van der Waals surface area contributed by atoms with Crippen LogP contribution in [-0.4, -0.2) is 9.55 Å². The summed E-state index contributed by atoms with van der Waals surface area (Å²) in [4.78, 5) is 4.08. The van der Waals surface area contributed by atoms with Crippen LogP contribution in [0.1, 0.15) is 39.2 Å². The zero-order chi connectivity index (χ0) is 14.4. The fourth-order valence-electron chi connectivity index (χ4n) is 3.65. The summed E-state index contributed by atoms with van der Waals surface area (Å²) in [6.07, 6.45) is 3.22. The van der Waals surface area contributed by atoms with E-state index in [9.17, 15) is 8.78 Å². The van der Waals surface area contributed by atoms with E-state index in [0.29, 0.717) is 17.4 Å². The summed E-state index contributed by atoms with van der Waals surface area (Å²) in [6.45, 7) is 4.37. The summed E-state index contributed by atoms with van der Waals surface area (Å²) in [7, 11) is 0. The number of hydrogen-bond acceptors (Lipinski definition) is 2. The molecule has 3 unspecified atom stereocenters. The molecule has 3 atom stereocenters. The van der Waals surface area contributed by atoms with Crippen molar-refractivity contribution >= 4 is 17.0 Å². The van der Waals surface area contributed by atoms with Gasteiger partial charge in [-0.05, 0) is 24.7 Å². The first-order chi connectivity index (χ1) is 9.52. The van der Waals surface area contributed by atoms with Crippen molar-refractivity contribution in [3.05, 3.63) is 23.8 Å². The van der Waals surface area contributed by atoms with E-state index in [1.165, 1.54) is 6.07 Å². The second-order valence-corrected chi connectivity index (χ2v) is 5.77. The molecular formula is C15H19F2N3. The minimum atomic E-state index is -0.650. The third-order valence-electron chi connectivity index (χ3n) is 4.78. The van der Waals surface area contributed by atoms with Crippen LogP contribution < -0.4 is 5.73 Å². The number of aromatic nitrogens is 2. The molecule has 2 N–H and O–H groups in total. The van der Waals surface area contributed by atoms with Crippen molar-refractivity contribution in [3.63, 3.8) is 0 Å². The lowest BCUT2D eigenvalue weighted by Gasteiger charge is -2.22. The Balaban J connectivity index is 2.14. The van der Waals surface area contributed by atoms with Gasteiger partial charge in [-0.2, -0.15) is 0 Å². The van der Waals surface area contributed by atoms with E-state index in [1.54, 1.807) is 0 Å². The molecule has 1 aliphatic rings. The molecule has 0 bridgehead atoms. The van der Waals surface area contributed by atoms with Gasteiger partial charge >= 0.3 is 0 Å². The maximum Gasteiger partial charge on any atom is 0.201 e. The Hall–Kier alpha value is -1.65. The number of rotatable bonds is 2. The smallest absolute Gasteiger partial charge is 0.201 e. The van der Waals surface area contributed by atoms with Gasteiger partial charge in [-0.15, -0.1) is 0 Å². The van der Waals surface area contributed by atoms with Gasteiger partial charge in [0.15, 0.2) is 5.82 Å². The highest BCUT2D eigenvalue weighted by molar-refractivity contribution is 5.79. The van der Waals surface area contributed by atoms with Crippen molar-refractivity contribution in [1.29, 1.82) is 0 Å². The van der Waals surface area contributed by atoms with Crippen molar-refractivity contribution < 1.29 is 8.78 Å². The van der Waals surface area contributed by atoms with Crippen LogP contribution in [0.15, 0.2) is 12.1 Å². The number of nitrogen functional groups attached to an aromatic ring is 1. The second-order valence-electron chi connectivity index (χ2n) is 5.77. The predicted molar refractivity (Wildman–Crippen MR) is 75.3 cm³/mol. The van der Waals surface area contributed by atoms with Gasteiger partial charge in [-0.1, -0.05) is 20.3 Å². The number of nitrogens with zero attached hydrogens (tertiary/aromatic N) is 2. The minimum absolute atomic E-state index is 0.163. The Morgan fingerprint density at radius 1 is 1.35 bits per heavy atom. The fraction of sp³-hybridized carbons (Fsp3) is 0.533. The van der Waals surface area contributed by atoms with Gasteiger partial charge in [0.25, 0.3) is 0 Å². The monoisotopic (exact) mass is 279 g/mol. The lowest BCUT2D eigenvalue weighted by Crippen LogP contribution is -2.17. The molecule has 1 saturated carbocycles. The molecule has 1 heterocycles. The highest BCUT2D eigenvalue weighted by Crippen LogP contribution is 2.44. The summed E-state index contributed by atoms with van der Waals surface area (Å²) >= 11 is 0.